The first-order valence-electron chi connectivity index (χ1n) is 9.03. The van der Waals surface area contributed by atoms with Crippen molar-refractivity contribution in [3.05, 3.63) is 35.1 Å². The van der Waals surface area contributed by atoms with Crippen LogP contribution in [-0.2, 0) is 26.9 Å². The van der Waals surface area contributed by atoms with Crippen molar-refractivity contribution in [3.8, 4) is 0 Å². The molecule has 1 aliphatic heterocycles. The highest BCUT2D eigenvalue weighted by Gasteiger charge is 2.17. The lowest BCUT2D eigenvalue weighted by Gasteiger charge is -2.17. The minimum atomic E-state index is -3.24. The maximum atomic E-state index is 13.6. The summed E-state index contributed by atoms with van der Waals surface area (Å²) in [5.74, 6) is -0.170. The summed E-state index contributed by atoms with van der Waals surface area (Å²) >= 11 is 0. The Labute approximate surface area is 160 Å². The van der Waals surface area contributed by atoms with Crippen molar-refractivity contribution in [1.29, 1.82) is 0 Å². The number of aliphatic imine (C=N–C) groups is 1. The smallest absolute Gasteiger partial charge is 0.241 e. The number of likely N-dealkylation sites (tertiary alicyclic amines) is 1. The van der Waals surface area contributed by atoms with E-state index in [1.807, 2.05) is 11.8 Å². The van der Waals surface area contributed by atoms with Gasteiger partial charge in [-0.3, -0.25) is 4.79 Å². The van der Waals surface area contributed by atoms with Crippen LogP contribution < -0.4 is 10.6 Å². The molecule has 150 valence electrons. The third kappa shape index (κ3) is 7.16. The zero-order chi connectivity index (χ0) is 19.9. The maximum absolute atomic E-state index is 13.6. The topological polar surface area (TPSA) is 90.9 Å². The molecule has 2 rings (SSSR count). The largest absolute Gasteiger partial charge is 0.357 e. The number of hydrogen-bond acceptors (Lipinski definition) is 4. The van der Waals surface area contributed by atoms with Crippen LogP contribution in [0.1, 0.15) is 30.9 Å². The van der Waals surface area contributed by atoms with Crippen molar-refractivity contribution in [3.63, 3.8) is 0 Å². The van der Waals surface area contributed by atoms with Gasteiger partial charge < -0.3 is 15.5 Å². The van der Waals surface area contributed by atoms with Gasteiger partial charge in [0.1, 0.15) is 5.82 Å². The van der Waals surface area contributed by atoms with E-state index in [9.17, 15) is 17.6 Å². The molecule has 1 aliphatic rings. The third-order valence-corrected chi connectivity index (χ3v) is 5.04. The van der Waals surface area contributed by atoms with Gasteiger partial charge in [0.15, 0.2) is 15.8 Å². The van der Waals surface area contributed by atoms with Crippen LogP contribution in [-0.4, -0.2) is 57.6 Å². The third-order valence-electron chi connectivity index (χ3n) is 4.20. The van der Waals surface area contributed by atoms with E-state index >= 15 is 0 Å². The van der Waals surface area contributed by atoms with Crippen LogP contribution in [0, 0.1) is 5.82 Å². The Morgan fingerprint density at radius 3 is 2.56 bits per heavy atom. The number of guanidine groups is 1. The number of halogens is 1. The van der Waals surface area contributed by atoms with E-state index in [-0.39, 0.29) is 24.7 Å². The van der Waals surface area contributed by atoms with Gasteiger partial charge in [-0.2, -0.15) is 0 Å². The van der Waals surface area contributed by atoms with Crippen molar-refractivity contribution in [2.24, 2.45) is 4.99 Å². The summed E-state index contributed by atoms with van der Waals surface area (Å²) in [6.07, 6.45) is 3.20. The Kier molecular flexibility index (Phi) is 7.58. The molecular formula is C18H27FN4O3S. The SMILES string of the molecule is CCNC(=NCc1cc(F)ccc1CS(C)(=O)=O)NCC(=O)N1CCCC1. The molecule has 27 heavy (non-hydrogen) atoms. The van der Waals surface area contributed by atoms with Gasteiger partial charge in [0.25, 0.3) is 0 Å². The molecule has 0 unspecified atom stereocenters. The molecule has 0 aliphatic carbocycles. The van der Waals surface area contributed by atoms with Crippen LogP contribution in [0.3, 0.4) is 0 Å². The highest BCUT2D eigenvalue weighted by atomic mass is 32.2. The Balaban J connectivity index is 2.07. The van der Waals surface area contributed by atoms with E-state index in [0.717, 1.165) is 32.2 Å². The summed E-state index contributed by atoms with van der Waals surface area (Å²) in [5, 5.41) is 6.02. The molecule has 7 nitrogen and oxygen atoms in total. The number of carbonyl (C=O) groups is 1. The quantitative estimate of drug-likeness (QED) is 0.529. The second kappa shape index (κ2) is 9.68. The second-order valence-electron chi connectivity index (χ2n) is 6.62. The minimum Gasteiger partial charge on any atom is -0.357 e. The van der Waals surface area contributed by atoms with Crippen molar-refractivity contribution < 1.29 is 17.6 Å². The average molecular weight is 399 g/mol. The standard InChI is InChI=1S/C18H27FN4O3S/c1-3-20-18(22-12-17(24)23-8-4-5-9-23)21-11-15-10-16(19)7-6-14(15)13-27(2,25)26/h6-7,10H,3-5,8-9,11-13H2,1-2H3,(H2,20,21,22). The lowest BCUT2D eigenvalue weighted by atomic mass is 10.1. The number of nitrogens with zero attached hydrogens (tertiary/aromatic N) is 2. The molecule has 0 bridgehead atoms. The van der Waals surface area contributed by atoms with Gasteiger partial charge in [-0.05, 0) is 43.0 Å². The number of sulfone groups is 1. The monoisotopic (exact) mass is 398 g/mol. The zero-order valence-corrected chi connectivity index (χ0v) is 16.6. The lowest BCUT2D eigenvalue weighted by molar-refractivity contribution is -0.128. The molecule has 0 spiro atoms. The van der Waals surface area contributed by atoms with E-state index in [1.165, 1.54) is 18.2 Å². The normalized spacial score (nSPS) is 15.1. The Bertz CT molecular complexity index is 790. The Hall–Kier alpha value is -2.16. The molecule has 0 atom stereocenters. The first-order valence-corrected chi connectivity index (χ1v) is 11.1. The number of rotatable bonds is 7. The van der Waals surface area contributed by atoms with E-state index in [2.05, 4.69) is 15.6 Å². The van der Waals surface area contributed by atoms with Crippen LogP contribution >= 0.6 is 0 Å². The van der Waals surface area contributed by atoms with Crippen LogP contribution in [0.2, 0.25) is 0 Å². The number of hydrogen-bond donors (Lipinski definition) is 2. The molecule has 1 aromatic carbocycles. The van der Waals surface area contributed by atoms with E-state index in [0.29, 0.717) is 23.6 Å². The molecule has 9 heteroatoms. The summed E-state index contributed by atoms with van der Waals surface area (Å²) < 4.78 is 36.8. The molecule has 1 amide bonds. The lowest BCUT2D eigenvalue weighted by Crippen LogP contribution is -2.44. The molecule has 0 saturated carbocycles. The van der Waals surface area contributed by atoms with Gasteiger partial charge >= 0.3 is 0 Å². The summed E-state index contributed by atoms with van der Waals surface area (Å²) in [4.78, 5) is 18.3. The molecule has 0 radical (unpaired) electrons. The molecule has 0 aromatic heterocycles. The van der Waals surface area contributed by atoms with Gasteiger partial charge in [-0.15, -0.1) is 0 Å². The van der Waals surface area contributed by atoms with Gasteiger partial charge in [-0.25, -0.2) is 17.8 Å². The number of carbonyl (C=O) groups excluding carboxylic acids is 1. The highest BCUT2D eigenvalue weighted by molar-refractivity contribution is 7.89. The molecule has 1 heterocycles. The van der Waals surface area contributed by atoms with Gasteiger partial charge in [0, 0.05) is 25.9 Å². The summed E-state index contributed by atoms with van der Waals surface area (Å²) in [6.45, 7) is 4.31. The minimum absolute atomic E-state index is 0.0154. The molecule has 2 N–H and O–H groups in total. The molecular weight excluding hydrogens is 371 g/mol. The average Bonchev–Trinajstić information content (AvgIpc) is 3.12. The van der Waals surface area contributed by atoms with Crippen LogP contribution in [0.25, 0.3) is 0 Å². The van der Waals surface area contributed by atoms with E-state index in [4.69, 9.17) is 0 Å². The second-order valence-corrected chi connectivity index (χ2v) is 8.76. The fourth-order valence-corrected chi connectivity index (χ4v) is 3.76. The fourth-order valence-electron chi connectivity index (χ4n) is 2.91. The zero-order valence-electron chi connectivity index (χ0n) is 15.8. The van der Waals surface area contributed by atoms with Crippen LogP contribution in [0.15, 0.2) is 23.2 Å². The van der Waals surface area contributed by atoms with Crippen LogP contribution in [0.4, 0.5) is 4.39 Å². The molecule has 1 saturated heterocycles. The van der Waals surface area contributed by atoms with Crippen molar-refractivity contribution in [2.75, 3.05) is 32.4 Å². The van der Waals surface area contributed by atoms with Gasteiger partial charge in [0.05, 0.1) is 18.8 Å². The summed E-state index contributed by atoms with van der Waals surface area (Å²) in [6, 6.07) is 4.01. The van der Waals surface area contributed by atoms with Crippen LogP contribution in [0.5, 0.6) is 0 Å². The van der Waals surface area contributed by atoms with E-state index in [1.54, 1.807) is 0 Å². The first kappa shape index (κ1) is 21.1. The Morgan fingerprint density at radius 2 is 1.93 bits per heavy atom. The van der Waals surface area contributed by atoms with E-state index < -0.39 is 15.7 Å². The first-order chi connectivity index (χ1) is 12.8. The van der Waals surface area contributed by atoms with Gasteiger partial charge in [-0.1, -0.05) is 6.07 Å². The van der Waals surface area contributed by atoms with Gasteiger partial charge in [0.2, 0.25) is 5.91 Å². The number of amides is 1. The molecule has 1 aromatic rings. The maximum Gasteiger partial charge on any atom is 0.241 e. The van der Waals surface area contributed by atoms with Crippen molar-refractivity contribution >= 4 is 21.7 Å². The summed E-state index contributed by atoms with van der Waals surface area (Å²) in [5.41, 5.74) is 1.02. The molecule has 1 fully saturated rings. The predicted molar refractivity (Wildman–Crippen MR) is 104 cm³/mol. The highest BCUT2D eigenvalue weighted by Crippen LogP contribution is 2.15. The summed E-state index contributed by atoms with van der Waals surface area (Å²) in [7, 11) is -3.24. The number of nitrogens with one attached hydrogen (secondary N) is 2. The Morgan fingerprint density at radius 1 is 1.22 bits per heavy atom. The fraction of sp³-hybridized carbons (Fsp3) is 0.556. The van der Waals surface area contributed by atoms with Crippen molar-refractivity contribution in [2.45, 2.75) is 32.1 Å². The number of benzene rings is 1. The predicted octanol–water partition coefficient (Wildman–Crippen LogP) is 1.05. The van der Waals surface area contributed by atoms with Crippen molar-refractivity contribution in [1.82, 2.24) is 15.5 Å².